The Morgan fingerprint density at radius 1 is 1.53 bits per heavy atom. The van der Waals surface area contributed by atoms with Gasteiger partial charge in [0.2, 0.25) is 5.91 Å². The molecule has 2 heterocycles. The monoisotopic (exact) mass is 233 g/mol. The van der Waals surface area contributed by atoms with E-state index in [1.165, 1.54) is 0 Å². The number of carbonyl (C=O) groups excluding carboxylic acids is 1. The zero-order valence-corrected chi connectivity index (χ0v) is 10.1. The molecule has 1 amide bonds. The van der Waals surface area contributed by atoms with Crippen LogP contribution in [-0.4, -0.2) is 23.5 Å². The summed E-state index contributed by atoms with van der Waals surface area (Å²) in [6.45, 7) is 2.89. The summed E-state index contributed by atoms with van der Waals surface area (Å²) in [6, 6.07) is 6.35. The van der Waals surface area contributed by atoms with E-state index in [0.717, 1.165) is 25.1 Å². The third kappa shape index (κ3) is 3.53. The third-order valence-corrected chi connectivity index (χ3v) is 3.10. The molecule has 1 fully saturated rings. The Hall–Kier alpha value is -1.42. The van der Waals surface area contributed by atoms with Crippen LogP contribution in [0.2, 0.25) is 0 Å². The topological polar surface area (TPSA) is 54.0 Å². The first-order valence-electron chi connectivity index (χ1n) is 6.19. The van der Waals surface area contributed by atoms with Gasteiger partial charge in [-0.3, -0.25) is 9.78 Å². The highest BCUT2D eigenvalue weighted by Crippen LogP contribution is 2.13. The summed E-state index contributed by atoms with van der Waals surface area (Å²) in [5.74, 6) is 0.147. The van der Waals surface area contributed by atoms with E-state index in [1.54, 1.807) is 6.20 Å². The predicted molar refractivity (Wildman–Crippen MR) is 66.4 cm³/mol. The average Bonchev–Trinajstić information content (AvgIpc) is 2.55. The molecule has 1 unspecified atom stereocenters. The van der Waals surface area contributed by atoms with Crippen molar-refractivity contribution in [2.75, 3.05) is 6.54 Å². The van der Waals surface area contributed by atoms with Crippen molar-refractivity contribution in [1.29, 1.82) is 0 Å². The predicted octanol–water partition coefficient (Wildman–Crippen LogP) is 1.40. The Balaban J connectivity index is 1.93. The second-order valence-electron chi connectivity index (χ2n) is 4.54. The van der Waals surface area contributed by atoms with Crippen molar-refractivity contribution in [3.05, 3.63) is 30.1 Å². The second kappa shape index (κ2) is 5.77. The van der Waals surface area contributed by atoms with Crippen molar-refractivity contribution in [2.45, 2.75) is 38.3 Å². The van der Waals surface area contributed by atoms with Crippen molar-refractivity contribution in [2.24, 2.45) is 0 Å². The molecule has 92 valence electrons. The maximum absolute atomic E-state index is 11.4. The Morgan fingerprint density at radius 3 is 3.18 bits per heavy atom. The minimum absolute atomic E-state index is 0.147. The molecule has 1 aromatic rings. The molecule has 2 rings (SSSR count). The van der Waals surface area contributed by atoms with E-state index < -0.39 is 0 Å². The van der Waals surface area contributed by atoms with Crippen LogP contribution in [-0.2, 0) is 4.79 Å². The summed E-state index contributed by atoms with van der Waals surface area (Å²) in [5.41, 5.74) is 1.03. The van der Waals surface area contributed by atoms with Crippen molar-refractivity contribution in [3.8, 4) is 0 Å². The highest BCUT2D eigenvalue weighted by molar-refractivity contribution is 5.76. The number of nitrogens with zero attached hydrogens (tertiary/aromatic N) is 1. The van der Waals surface area contributed by atoms with Crippen molar-refractivity contribution >= 4 is 5.91 Å². The van der Waals surface area contributed by atoms with Gasteiger partial charge in [-0.15, -0.1) is 0 Å². The van der Waals surface area contributed by atoms with Crippen LogP contribution in [0.3, 0.4) is 0 Å². The molecule has 0 bridgehead atoms. The lowest BCUT2D eigenvalue weighted by Crippen LogP contribution is -2.34. The normalized spacial score (nSPS) is 22.6. The van der Waals surface area contributed by atoms with Crippen LogP contribution in [0.15, 0.2) is 24.4 Å². The first-order valence-corrected chi connectivity index (χ1v) is 6.19. The van der Waals surface area contributed by atoms with Crippen LogP contribution in [0.4, 0.5) is 0 Å². The van der Waals surface area contributed by atoms with Crippen molar-refractivity contribution in [3.63, 3.8) is 0 Å². The molecule has 0 radical (unpaired) electrons. The van der Waals surface area contributed by atoms with Crippen molar-refractivity contribution < 1.29 is 4.79 Å². The highest BCUT2D eigenvalue weighted by Gasteiger charge is 2.19. The molecule has 0 saturated carbocycles. The third-order valence-electron chi connectivity index (χ3n) is 3.10. The minimum Gasteiger partial charge on any atom is -0.356 e. The highest BCUT2D eigenvalue weighted by atomic mass is 16.1. The summed E-state index contributed by atoms with van der Waals surface area (Å²) in [6.07, 6.45) is 4.44. The molecule has 2 N–H and O–H groups in total. The number of amides is 1. The Bertz CT molecular complexity index is 366. The molecule has 1 aliphatic heterocycles. The molecule has 0 aromatic carbocycles. The molecule has 2 atom stereocenters. The van der Waals surface area contributed by atoms with E-state index in [4.69, 9.17) is 0 Å². The number of hydrogen-bond acceptors (Lipinski definition) is 3. The maximum atomic E-state index is 11.4. The van der Waals surface area contributed by atoms with Crippen LogP contribution in [0.5, 0.6) is 0 Å². The summed E-state index contributed by atoms with van der Waals surface area (Å²) in [7, 11) is 0. The van der Waals surface area contributed by atoms with E-state index in [0.29, 0.717) is 6.42 Å². The van der Waals surface area contributed by atoms with E-state index in [-0.39, 0.29) is 18.0 Å². The van der Waals surface area contributed by atoms with E-state index in [9.17, 15) is 4.79 Å². The van der Waals surface area contributed by atoms with Gasteiger partial charge in [-0.1, -0.05) is 6.07 Å². The van der Waals surface area contributed by atoms with E-state index >= 15 is 0 Å². The van der Waals surface area contributed by atoms with Gasteiger partial charge in [0, 0.05) is 31.2 Å². The lowest BCUT2D eigenvalue weighted by atomic mass is 10.1. The fourth-order valence-electron chi connectivity index (χ4n) is 2.19. The lowest BCUT2D eigenvalue weighted by Gasteiger charge is -2.20. The summed E-state index contributed by atoms with van der Waals surface area (Å²) in [4.78, 5) is 15.8. The molecule has 1 saturated heterocycles. The van der Waals surface area contributed by atoms with Gasteiger partial charge in [0.15, 0.2) is 0 Å². The second-order valence-corrected chi connectivity index (χ2v) is 4.54. The smallest absolute Gasteiger partial charge is 0.221 e. The molecule has 1 aromatic heterocycles. The number of aromatic nitrogens is 1. The Morgan fingerprint density at radius 2 is 2.41 bits per heavy atom. The molecule has 0 aliphatic carbocycles. The molecule has 0 spiro atoms. The fourth-order valence-corrected chi connectivity index (χ4v) is 2.19. The molecule has 17 heavy (non-hydrogen) atoms. The van der Waals surface area contributed by atoms with E-state index in [2.05, 4.69) is 22.5 Å². The first kappa shape index (κ1) is 12.0. The molecule has 4 heteroatoms. The van der Waals surface area contributed by atoms with Gasteiger partial charge in [0.1, 0.15) is 0 Å². The summed E-state index contributed by atoms with van der Waals surface area (Å²) < 4.78 is 0. The lowest BCUT2D eigenvalue weighted by molar-refractivity contribution is -0.121. The maximum Gasteiger partial charge on any atom is 0.221 e. The minimum atomic E-state index is 0.147. The summed E-state index contributed by atoms with van der Waals surface area (Å²) >= 11 is 0. The quantitative estimate of drug-likeness (QED) is 0.829. The zero-order valence-electron chi connectivity index (χ0n) is 10.1. The zero-order chi connectivity index (χ0) is 12.1. The van der Waals surface area contributed by atoms with Crippen LogP contribution in [0, 0.1) is 0 Å². The van der Waals surface area contributed by atoms with Crippen LogP contribution < -0.4 is 10.6 Å². The summed E-state index contributed by atoms with van der Waals surface area (Å²) in [5, 5.41) is 6.38. The van der Waals surface area contributed by atoms with Gasteiger partial charge in [0.05, 0.1) is 5.69 Å². The van der Waals surface area contributed by atoms with Gasteiger partial charge < -0.3 is 10.6 Å². The number of nitrogens with one attached hydrogen (secondary N) is 2. The van der Waals surface area contributed by atoms with Gasteiger partial charge in [-0.25, -0.2) is 0 Å². The Labute approximate surface area is 102 Å². The number of pyridine rings is 1. The first-order chi connectivity index (χ1) is 8.25. The SMILES string of the molecule is C[C@@H](NC1CCCNC(=O)C1)c1ccccn1. The molecule has 1 aliphatic rings. The van der Waals surface area contributed by atoms with Gasteiger partial charge in [-0.05, 0) is 31.9 Å². The fraction of sp³-hybridized carbons (Fsp3) is 0.538. The largest absolute Gasteiger partial charge is 0.356 e. The Kier molecular flexibility index (Phi) is 4.09. The number of carbonyl (C=O) groups is 1. The van der Waals surface area contributed by atoms with Gasteiger partial charge in [0.25, 0.3) is 0 Å². The van der Waals surface area contributed by atoms with Crippen LogP contribution in [0.1, 0.15) is 37.9 Å². The van der Waals surface area contributed by atoms with Gasteiger partial charge >= 0.3 is 0 Å². The average molecular weight is 233 g/mol. The van der Waals surface area contributed by atoms with Crippen molar-refractivity contribution in [1.82, 2.24) is 15.6 Å². The van der Waals surface area contributed by atoms with Crippen LogP contribution >= 0.6 is 0 Å². The van der Waals surface area contributed by atoms with E-state index in [1.807, 2.05) is 18.2 Å². The van der Waals surface area contributed by atoms with Gasteiger partial charge in [-0.2, -0.15) is 0 Å². The van der Waals surface area contributed by atoms with Crippen LogP contribution in [0.25, 0.3) is 0 Å². The number of rotatable bonds is 3. The standard InChI is InChI=1S/C13H19N3O/c1-10(12-6-2-3-7-14-12)16-11-5-4-8-15-13(17)9-11/h2-3,6-7,10-11,16H,4-5,8-9H2,1H3,(H,15,17)/t10-,11?/m1/s1. The molecular weight excluding hydrogens is 214 g/mol. The number of hydrogen-bond donors (Lipinski definition) is 2. The molecular formula is C13H19N3O. The molecule has 4 nitrogen and oxygen atoms in total.